The van der Waals surface area contributed by atoms with Crippen molar-refractivity contribution in [3.63, 3.8) is 0 Å². The van der Waals surface area contributed by atoms with E-state index in [1.165, 1.54) is 0 Å². The van der Waals surface area contributed by atoms with Crippen LogP contribution in [0.15, 0.2) is 78.9 Å². The lowest BCUT2D eigenvalue weighted by molar-refractivity contribution is -0.140. The summed E-state index contributed by atoms with van der Waals surface area (Å²) in [5.41, 5.74) is -1.34. The SMILES string of the molecule is O=C(NNc1ccccc1)C(O)(c1cccc(C(F)(F)F)c1)c1cccc(C(F)(F)F)c1. The van der Waals surface area contributed by atoms with E-state index in [9.17, 15) is 36.2 Å². The van der Waals surface area contributed by atoms with Crippen LogP contribution in [0, 0.1) is 0 Å². The minimum atomic E-state index is -4.80. The lowest BCUT2D eigenvalue weighted by Gasteiger charge is -2.29. The summed E-state index contributed by atoms with van der Waals surface area (Å²) in [5, 5.41) is 11.3. The topological polar surface area (TPSA) is 61.4 Å². The largest absolute Gasteiger partial charge is 0.416 e. The van der Waals surface area contributed by atoms with Gasteiger partial charge in [0, 0.05) is 0 Å². The van der Waals surface area contributed by atoms with Gasteiger partial charge in [-0.25, -0.2) is 0 Å². The first-order chi connectivity index (χ1) is 14.9. The predicted molar refractivity (Wildman–Crippen MR) is 104 cm³/mol. The second kappa shape index (κ2) is 8.54. The van der Waals surface area contributed by atoms with Crippen LogP contribution >= 0.6 is 0 Å². The summed E-state index contributed by atoms with van der Waals surface area (Å²) in [6.07, 6.45) is -9.60. The zero-order chi connectivity index (χ0) is 23.6. The van der Waals surface area contributed by atoms with E-state index >= 15 is 0 Å². The van der Waals surface area contributed by atoms with Gasteiger partial charge in [0.2, 0.25) is 0 Å². The number of halogens is 6. The predicted octanol–water partition coefficient (Wildman–Crippen LogP) is 5.10. The van der Waals surface area contributed by atoms with Gasteiger partial charge in [0.25, 0.3) is 5.91 Å². The molecule has 0 spiro atoms. The highest BCUT2D eigenvalue weighted by Gasteiger charge is 2.43. The summed E-state index contributed by atoms with van der Waals surface area (Å²) in [4.78, 5) is 13.0. The normalized spacial score (nSPS) is 12.3. The lowest BCUT2D eigenvalue weighted by atomic mass is 9.84. The number of anilines is 1. The highest BCUT2D eigenvalue weighted by Crippen LogP contribution is 2.37. The molecule has 32 heavy (non-hydrogen) atoms. The van der Waals surface area contributed by atoms with Crippen LogP contribution in [-0.2, 0) is 22.7 Å². The van der Waals surface area contributed by atoms with Gasteiger partial charge in [0.15, 0.2) is 5.60 Å². The molecule has 10 heteroatoms. The van der Waals surface area contributed by atoms with Gasteiger partial charge in [-0.1, -0.05) is 42.5 Å². The summed E-state index contributed by atoms with van der Waals surface area (Å²) in [7, 11) is 0. The molecule has 4 nitrogen and oxygen atoms in total. The van der Waals surface area contributed by atoms with Gasteiger partial charge in [0.05, 0.1) is 16.8 Å². The Morgan fingerprint density at radius 2 is 1.09 bits per heavy atom. The number of para-hydroxylation sites is 1. The maximum atomic E-state index is 13.2. The molecule has 0 heterocycles. The molecule has 0 aliphatic rings. The van der Waals surface area contributed by atoms with Gasteiger partial charge < -0.3 is 5.11 Å². The molecule has 1 amide bonds. The number of amides is 1. The number of carbonyl (C=O) groups is 1. The minimum Gasteiger partial charge on any atom is -0.372 e. The molecule has 0 aliphatic carbocycles. The number of hydrazine groups is 1. The summed E-state index contributed by atoms with van der Waals surface area (Å²) in [5.74, 6) is -1.28. The van der Waals surface area contributed by atoms with Crippen LogP contribution < -0.4 is 10.9 Å². The van der Waals surface area contributed by atoms with Crippen molar-refractivity contribution in [2.45, 2.75) is 18.0 Å². The zero-order valence-corrected chi connectivity index (χ0v) is 16.1. The molecule has 0 saturated carbocycles. The average Bonchev–Trinajstić information content (AvgIpc) is 2.76. The van der Waals surface area contributed by atoms with Gasteiger partial charge in [-0.15, -0.1) is 0 Å². The molecule has 3 N–H and O–H groups in total. The Morgan fingerprint density at radius 1 is 0.656 bits per heavy atom. The van der Waals surface area contributed by atoms with Gasteiger partial charge in [-0.05, 0) is 47.5 Å². The number of benzene rings is 3. The molecule has 0 fully saturated rings. The zero-order valence-electron chi connectivity index (χ0n) is 16.1. The highest BCUT2D eigenvalue weighted by molar-refractivity contribution is 5.91. The molecule has 3 aromatic carbocycles. The van der Waals surface area contributed by atoms with Gasteiger partial charge in [0.1, 0.15) is 0 Å². The van der Waals surface area contributed by atoms with Crippen molar-refractivity contribution >= 4 is 11.6 Å². The van der Waals surface area contributed by atoms with Crippen LogP contribution in [0.2, 0.25) is 0 Å². The van der Waals surface area contributed by atoms with Crippen molar-refractivity contribution in [3.8, 4) is 0 Å². The Kier molecular flexibility index (Phi) is 6.18. The van der Waals surface area contributed by atoms with Crippen molar-refractivity contribution in [2.24, 2.45) is 0 Å². The molecule has 0 radical (unpaired) electrons. The molecular weight excluding hydrogens is 438 g/mol. The van der Waals surface area contributed by atoms with E-state index in [0.717, 1.165) is 36.4 Å². The number of rotatable bonds is 5. The van der Waals surface area contributed by atoms with Crippen LogP contribution in [-0.4, -0.2) is 11.0 Å². The highest BCUT2D eigenvalue weighted by atomic mass is 19.4. The van der Waals surface area contributed by atoms with E-state index in [1.54, 1.807) is 30.3 Å². The number of alkyl halides is 6. The molecule has 0 unspecified atom stereocenters. The van der Waals surface area contributed by atoms with E-state index in [4.69, 9.17) is 0 Å². The number of aliphatic hydroxyl groups is 1. The third-order valence-corrected chi connectivity index (χ3v) is 4.64. The van der Waals surface area contributed by atoms with E-state index < -0.39 is 46.1 Å². The molecule has 0 saturated heterocycles. The van der Waals surface area contributed by atoms with Crippen LogP contribution in [0.5, 0.6) is 0 Å². The fourth-order valence-electron chi connectivity index (χ4n) is 3.01. The third-order valence-electron chi connectivity index (χ3n) is 4.64. The molecule has 0 aromatic heterocycles. The van der Waals surface area contributed by atoms with Gasteiger partial charge >= 0.3 is 12.4 Å². The summed E-state index contributed by atoms with van der Waals surface area (Å²) < 4.78 is 79.2. The van der Waals surface area contributed by atoms with Crippen LogP contribution in [0.1, 0.15) is 22.3 Å². The second-order valence-electron chi connectivity index (χ2n) is 6.81. The number of carbonyl (C=O) groups excluding carboxylic acids is 1. The van der Waals surface area contributed by atoms with E-state index in [-0.39, 0.29) is 0 Å². The Morgan fingerprint density at radius 3 is 1.53 bits per heavy atom. The van der Waals surface area contributed by atoms with Gasteiger partial charge in [-0.3, -0.25) is 15.6 Å². The second-order valence-corrected chi connectivity index (χ2v) is 6.81. The van der Waals surface area contributed by atoms with Crippen molar-refractivity contribution in [1.82, 2.24) is 5.43 Å². The van der Waals surface area contributed by atoms with Gasteiger partial charge in [-0.2, -0.15) is 26.3 Å². The number of hydrogen-bond donors (Lipinski definition) is 3. The first kappa shape index (κ1) is 23.1. The third kappa shape index (κ3) is 4.86. The molecular formula is C22H16F6N2O2. The summed E-state index contributed by atoms with van der Waals surface area (Å²) in [6.45, 7) is 0. The monoisotopic (exact) mass is 454 g/mol. The Labute approximate surface area is 178 Å². The first-order valence-corrected chi connectivity index (χ1v) is 9.12. The Balaban J connectivity index is 2.10. The molecule has 0 bridgehead atoms. The number of hydrogen-bond acceptors (Lipinski definition) is 3. The lowest BCUT2D eigenvalue weighted by Crippen LogP contribution is -2.47. The molecule has 168 valence electrons. The number of nitrogens with one attached hydrogen (secondary N) is 2. The molecule has 0 aliphatic heterocycles. The van der Waals surface area contributed by atoms with Crippen LogP contribution in [0.25, 0.3) is 0 Å². The molecule has 3 aromatic rings. The van der Waals surface area contributed by atoms with Crippen molar-refractivity contribution < 1.29 is 36.2 Å². The van der Waals surface area contributed by atoms with E-state index in [1.807, 2.05) is 0 Å². The van der Waals surface area contributed by atoms with Crippen LogP contribution in [0.4, 0.5) is 32.0 Å². The average molecular weight is 454 g/mol. The van der Waals surface area contributed by atoms with Crippen LogP contribution in [0.3, 0.4) is 0 Å². The minimum absolute atomic E-state index is 0.372. The van der Waals surface area contributed by atoms with E-state index in [0.29, 0.717) is 17.8 Å². The maximum absolute atomic E-state index is 13.2. The van der Waals surface area contributed by atoms with Crippen molar-refractivity contribution in [2.75, 3.05) is 5.43 Å². The Hall–Kier alpha value is -3.53. The van der Waals surface area contributed by atoms with E-state index in [2.05, 4.69) is 10.9 Å². The van der Waals surface area contributed by atoms with Crippen molar-refractivity contribution in [1.29, 1.82) is 0 Å². The maximum Gasteiger partial charge on any atom is 0.416 e. The molecule has 3 rings (SSSR count). The standard InChI is InChI=1S/C22H16F6N2O2/c23-21(24,25)16-8-4-6-14(12-16)20(32,15-7-5-9-17(13-15)22(26,27)28)19(31)30-29-18-10-2-1-3-11-18/h1-13,29,32H,(H,30,31). The molecule has 0 atom stereocenters. The summed E-state index contributed by atoms with van der Waals surface area (Å²) >= 11 is 0. The quantitative estimate of drug-likeness (QED) is 0.371. The fraction of sp³-hybridized carbons (Fsp3) is 0.136. The summed E-state index contributed by atoms with van der Waals surface area (Å²) in [6, 6.07) is 14.5. The van der Waals surface area contributed by atoms with Crippen molar-refractivity contribution in [3.05, 3.63) is 101 Å². The first-order valence-electron chi connectivity index (χ1n) is 9.12. The Bertz CT molecular complexity index is 1040. The fourth-order valence-corrected chi connectivity index (χ4v) is 3.01. The smallest absolute Gasteiger partial charge is 0.372 e.